The number of unbranched alkanes of at least 4 members (excludes halogenated alkanes) is 3. The standard InChI is InChI=1S/C29H37NO5/c1-4-5-6-8-11-22(2)20-23(3)14-18-28(32)35-26-16-19-29(33)34-25(26)15-17-27(31)30-21-24-12-9-7-10-13-24/h7,9-10,12-20,22,25-26H,4-6,8,11,21H2,1-3H3,(H,30,31)/b17-15+,18-14+,23-20+/t22?,25-,26-/m0/s1. The smallest absolute Gasteiger partial charge is 0.331 e. The maximum absolute atomic E-state index is 12.4. The molecule has 188 valence electrons. The molecule has 1 amide bonds. The van der Waals surface area contributed by atoms with Crippen molar-refractivity contribution in [2.24, 2.45) is 5.92 Å². The molecule has 0 aromatic heterocycles. The molecule has 0 saturated carbocycles. The maximum Gasteiger partial charge on any atom is 0.331 e. The van der Waals surface area contributed by atoms with Crippen LogP contribution in [0.25, 0.3) is 0 Å². The topological polar surface area (TPSA) is 81.7 Å². The highest BCUT2D eigenvalue weighted by molar-refractivity contribution is 5.88. The molecule has 0 spiro atoms. The van der Waals surface area contributed by atoms with Crippen molar-refractivity contribution in [3.63, 3.8) is 0 Å². The molecule has 0 radical (unpaired) electrons. The van der Waals surface area contributed by atoms with E-state index in [-0.39, 0.29) is 5.91 Å². The fourth-order valence-electron chi connectivity index (χ4n) is 3.66. The third-order valence-corrected chi connectivity index (χ3v) is 5.54. The summed E-state index contributed by atoms with van der Waals surface area (Å²) in [7, 11) is 0. The van der Waals surface area contributed by atoms with Crippen LogP contribution >= 0.6 is 0 Å². The molecule has 2 rings (SSSR count). The van der Waals surface area contributed by atoms with Gasteiger partial charge in [-0.3, -0.25) is 4.79 Å². The number of hydrogen-bond donors (Lipinski definition) is 1. The van der Waals surface area contributed by atoms with Gasteiger partial charge in [-0.2, -0.15) is 0 Å². The molecule has 1 heterocycles. The fourth-order valence-corrected chi connectivity index (χ4v) is 3.66. The average Bonchev–Trinajstić information content (AvgIpc) is 2.85. The molecule has 1 aromatic rings. The first-order valence-electron chi connectivity index (χ1n) is 12.3. The van der Waals surface area contributed by atoms with Gasteiger partial charge in [0.05, 0.1) is 0 Å². The largest absolute Gasteiger partial charge is 0.451 e. The van der Waals surface area contributed by atoms with Gasteiger partial charge in [0, 0.05) is 24.8 Å². The summed E-state index contributed by atoms with van der Waals surface area (Å²) in [6, 6.07) is 9.51. The lowest BCUT2D eigenvalue weighted by Gasteiger charge is -2.24. The van der Waals surface area contributed by atoms with Crippen LogP contribution in [-0.2, 0) is 30.4 Å². The van der Waals surface area contributed by atoms with Crippen molar-refractivity contribution in [1.82, 2.24) is 5.32 Å². The van der Waals surface area contributed by atoms with Gasteiger partial charge in [-0.05, 0) is 37.0 Å². The molecule has 1 N–H and O–H groups in total. The molecule has 6 nitrogen and oxygen atoms in total. The van der Waals surface area contributed by atoms with Gasteiger partial charge in [-0.25, -0.2) is 9.59 Å². The number of hydrogen-bond acceptors (Lipinski definition) is 5. The maximum atomic E-state index is 12.4. The van der Waals surface area contributed by atoms with Crippen LogP contribution in [0, 0.1) is 5.92 Å². The second kappa shape index (κ2) is 15.5. The van der Waals surface area contributed by atoms with Crippen molar-refractivity contribution >= 4 is 17.8 Å². The summed E-state index contributed by atoms with van der Waals surface area (Å²) in [5.41, 5.74) is 1.96. The van der Waals surface area contributed by atoms with Crippen LogP contribution in [0.4, 0.5) is 0 Å². The van der Waals surface area contributed by atoms with Crippen molar-refractivity contribution in [1.29, 1.82) is 0 Å². The van der Waals surface area contributed by atoms with E-state index < -0.39 is 24.1 Å². The monoisotopic (exact) mass is 479 g/mol. The average molecular weight is 480 g/mol. The quantitative estimate of drug-likeness (QED) is 0.178. The van der Waals surface area contributed by atoms with Gasteiger partial charge in [-0.15, -0.1) is 0 Å². The number of allylic oxidation sites excluding steroid dienone is 3. The Labute approximate surface area is 208 Å². The Bertz CT molecular complexity index is 945. The molecule has 1 aliphatic rings. The summed E-state index contributed by atoms with van der Waals surface area (Å²) in [5.74, 6) is -1.00. The van der Waals surface area contributed by atoms with E-state index >= 15 is 0 Å². The SMILES string of the molecule is CCCCCCC(C)/C=C(C)/C=C/C(=O)O[C@H]1C=CC(=O)O[C@H]1/C=C/C(=O)NCc1ccccc1. The molecule has 0 saturated heterocycles. The number of ether oxygens (including phenoxy) is 2. The predicted octanol–water partition coefficient (Wildman–Crippen LogP) is 5.36. The zero-order valence-electron chi connectivity index (χ0n) is 20.9. The highest BCUT2D eigenvalue weighted by atomic mass is 16.6. The van der Waals surface area contributed by atoms with Crippen molar-refractivity contribution in [3.8, 4) is 0 Å². The Hall–Kier alpha value is -3.41. The van der Waals surface area contributed by atoms with Crippen LogP contribution in [0.15, 0.2) is 78.4 Å². The molecule has 6 heteroatoms. The van der Waals surface area contributed by atoms with Gasteiger partial charge in [0.15, 0.2) is 12.2 Å². The molecule has 3 atom stereocenters. The van der Waals surface area contributed by atoms with E-state index in [0.717, 1.165) is 17.6 Å². The van der Waals surface area contributed by atoms with Crippen molar-refractivity contribution < 1.29 is 23.9 Å². The Morgan fingerprint density at radius 1 is 1.11 bits per heavy atom. The minimum atomic E-state index is -0.882. The van der Waals surface area contributed by atoms with Gasteiger partial charge in [0.25, 0.3) is 0 Å². The first-order valence-corrected chi connectivity index (χ1v) is 12.3. The number of benzene rings is 1. The van der Waals surface area contributed by atoms with Crippen LogP contribution < -0.4 is 5.32 Å². The van der Waals surface area contributed by atoms with Gasteiger partial charge in [0.2, 0.25) is 5.91 Å². The molecule has 1 unspecified atom stereocenters. The molecule has 0 fully saturated rings. The highest BCUT2D eigenvalue weighted by Crippen LogP contribution is 2.16. The van der Waals surface area contributed by atoms with Crippen molar-refractivity contribution in [3.05, 3.63) is 84.0 Å². The lowest BCUT2D eigenvalue weighted by atomic mass is 10.00. The summed E-state index contributed by atoms with van der Waals surface area (Å²) in [6.45, 7) is 6.71. The lowest BCUT2D eigenvalue weighted by Crippen LogP contribution is -2.35. The van der Waals surface area contributed by atoms with Crippen LogP contribution in [0.3, 0.4) is 0 Å². The number of amides is 1. The molecular formula is C29H37NO5. The van der Waals surface area contributed by atoms with E-state index in [1.54, 1.807) is 6.08 Å². The summed E-state index contributed by atoms with van der Waals surface area (Å²) >= 11 is 0. The van der Waals surface area contributed by atoms with E-state index in [9.17, 15) is 14.4 Å². The molecule has 1 aliphatic heterocycles. The Morgan fingerprint density at radius 3 is 2.63 bits per heavy atom. The van der Waals surface area contributed by atoms with Crippen LogP contribution in [-0.4, -0.2) is 30.1 Å². The van der Waals surface area contributed by atoms with Crippen molar-refractivity contribution in [2.45, 2.75) is 71.6 Å². The van der Waals surface area contributed by atoms with E-state index in [0.29, 0.717) is 12.5 Å². The second-order valence-electron chi connectivity index (χ2n) is 8.80. The number of rotatable bonds is 13. The van der Waals surface area contributed by atoms with E-state index in [1.165, 1.54) is 56.1 Å². The Balaban J connectivity index is 1.87. The van der Waals surface area contributed by atoms with Crippen molar-refractivity contribution in [2.75, 3.05) is 0 Å². The minimum Gasteiger partial charge on any atom is -0.451 e. The summed E-state index contributed by atoms with van der Waals surface area (Å²) < 4.78 is 10.7. The highest BCUT2D eigenvalue weighted by Gasteiger charge is 2.27. The number of nitrogens with one attached hydrogen (secondary N) is 1. The Morgan fingerprint density at radius 2 is 1.89 bits per heavy atom. The summed E-state index contributed by atoms with van der Waals surface area (Å²) in [6.07, 6.45) is 15.0. The van der Waals surface area contributed by atoms with Gasteiger partial charge >= 0.3 is 11.9 Å². The zero-order chi connectivity index (χ0) is 25.5. The van der Waals surface area contributed by atoms with Crippen LogP contribution in [0.1, 0.15) is 58.4 Å². The first-order chi connectivity index (χ1) is 16.9. The molecular weight excluding hydrogens is 442 g/mol. The number of carbonyl (C=O) groups is 3. The third-order valence-electron chi connectivity index (χ3n) is 5.54. The van der Waals surface area contributed by atoms with E-state index in [4.69, 9.17) is 9.47 Å². The number of carbonyl (C=O) groups excluding carboxylic acids is 3. The zero-order valence-corrected chi connectivity index (χ0v) is 20.9. The fraction of sp³-hybridized carbons (Fsp3) is 0.414. The molecule has 1 aromatic carbocycles. The van der Waals surface area contributed by atoms with Crippen LogP contribution in [0.2, 0.25) is 0 Å². The van der Waals surface area contributed by atoms with E-state index in [1.807, 2.05) is 37.3 Å². The summed E-state index contributed by atoms with van der Waals surface area (Å²) in [4.78, 5) is 36.2. The molecule has 35 heavy (non-hydrogen) atoms. The normalized spacial score (nSPS) is 19.1. The first kappa shape index (κ1) is 27.8. The summed E-state index contributed by atoms with van der Waals surface area (Å²) in [5, 5.41) is 2.76. The molecule has 0 aliphatic carbocycles. The minimum absolute atomic E-state index is 0.339. The van der Waals surface area contributed by atoms with Gasteiger partial charge in [-0.1, -0.05) is 87.6 Å². The number of esters is 2. The predicted molar refractivity (Wildman–Crippen MR) is 137 cm³/mol. The second-order valence-corrected chi connectivity index (χ2v) is 8.80. The van der Waals surface area contributed by atoms with Gasteiger partial charge < -0.3 is 14.8 Å². The number of cyclic esters (lactones) is 1. The lowest BCUT2D eigenvalue weighted by molar-refractivity contribution is -0.156. The molecule has 0 bridgehead atoms. The Kier molecular flexibility index (Phi) is 12.3. The van der Waals surface area contributed by atoms with E-state index in [2.05, 4.69) is 25.2 Å². The third kappa shape index (κ3) is 11.5. The van der Waals surface area contributed by atoms with Gasteiger partial charge in [0.1, 0.15) is 0 Å². The van der Waals surface area contributed by atoms with Crippen LogP contribution in [0.5, 0.6) is 0 Å².